The molecule has 0 aromatic heterocycles. The Hall–Kier alpha value is -1.62. The summed E-state index contributed by atoms with van der Waals surface area (Å²) in [6, 6.07) is 4.53. The van der Waals surface area contributed by atoms with Crippen molar-refractivity contribution in [3.05, 3.63) is 33.9 Å². The van der Waals surface area contributed by atoms with Crippen LogP contribution in [0.1, 0.15) is 24.8 Å². The molecule has 1 saturated carbocycles. The quantitative estimate of drug-likeness (QED) is 0.646. The van der Waals surface area contributed by atoms with E-state index < -0.39 is 11.0 Å². The molecule has 0 heterocycles. The molecular formula is C12H15NO4. The van der Waals surface area contributed by atoms with E-state index in [1.807, 2.05) is 6.92 Å². The fraction of sp³-hybridized carbons (Fsp3) is 0.500. The smallest absolute Gasteiger partial charge is 0.273 e. The minimum atomic E-state index is -0.464. The molecule has 92 valence electrons. The zero-order chi connectivity index (χ0) is 12.4. The molecule has 1 fully saturated rings. The summed E-state index contributed by atoms with van der Waals surface area (Å²) < 4.78 is 5.65. The predicted octanol–water partition coefficient (Wildman–Crippen LogP) is 2.20. The van der Waals surface area contributed by atoms with Crippen LogP contribution >= 0.6 is 0 Å². The van der Waals surface area contributed by atoms with Crippen molar-refractivity contribution in [2.45, 2.75) is 38.4 Å². The number of aliphatic hydroxyl groups is 1. The van der Waals surface area contributed by atoms with Crippen LogP contribution in [0.4, 0.5) is 5.69 Å². The van der Waals surface area contributed by atoms with Crippen molar-refractivity contribution in [1.29, 1.82) is 0 Å². The molecular weight excluding hydrogens is 222 g/mol. The van der Waals surface area contributed by atoms with Crippen LogP contribution in [0.15, 0.2) is 18.2 Å². The van der Waals surface area contributed by atoms with Crippen molar-refractivity contribution in [3.63, 3.8) is 0 Å². The van der Waals surface area contributed by atoms with Crippen molar-refractivity contribution in [1.82, 2.24) is 0 Å². The van der Waals surface area contributed by atoms with Gasteiger partial charge in [0.05, 0.1) is 17.1 Å². The summed E-state index contributed by atoms with van der Waals surface area (Å²) in [7, 11) is 0. The Labute approximate surface area is 99.2 Å². The lowest BCUT2D eigenvalue weighted by atomic mass is 10.2. The van der Waals surface area contributed by atoms with Gasteiger partial charge in [-0.25, -0.2) is 0 Å². The van der Waals surface area contributed by atoms with Gasteiger partial charge in [-0.05, 0) is 37.8 Å². The van der Waals surface area contributed by atoms with Crippen LogP contribution < -0.4 is 4.74 Å². The summed E-state index contributed by atoms with van der Waals surface area (Å²) in [6.45, 7) is 1.83. The standard InChI is InChI=1S/C12H15NO4/c1-8-5-6-9(13(15)16)7-12(8)17-11-4-2-3-10(11)14/h5-7,10-11,14H,2-4H2,1H3/t10-,11-/m0/s1. The number of nitrogens with zero attached hydrogens (tertiary/aromatic N) is 1. The fourth-order valence-corrected chi connectivity index (χ4v) is 2.04. The zero-order valence-electron chi connectivity index (χ0n) is 9.63. The summed E-state index contributed by atoms with van der Waals surface area (Å²) in [5.41, 5.74) is 0.854. The monoisotopic (exact) mass is 237 g/mol. The number of non-ortho nitro benzene ring substituents is 1. The van der Waals surface area contributed by atoms with Crippen LogP contribution in [0.2, 0.25) is 0 Å². The summed E-state index contributed by atoms with van der Waals surface area (Å²) in [5, 5.41) is 20.3. The average molecular weight is 237 g/mol. The number of aryl methyl sites for hydroxylation is 1. The normalized spacial score (nSPS) is 23.6. The summed E-state index contributed by atoms with van der Waals surface area (Å²) in [4.78, 5) is 10.2. The molecule has 1 aromatic carbocycles. The van der Waals surface area contributed by atoms with Crippen molar-refractivity contribution >= 4 is 5.69 Å². The lowest BCUT2D eigenvalue weighted by Crippen LogP contribution is -2.25. The maximum absolute atomic E-state index is 10.7. The number of ether oxygens (including phenoxy) is 1. The van der Waals surface area contributed by atoms with Crippen molar-refractivity contribution in [2.75, 3.05) is 0 Å². The number of hydrogen-bond acceptors (Lipinski definition) is 4. The maximum Gasteiger partial charge on any atom is 0.273 e. The molecule has 5 heteroatoms. The molecule has 17 heavy (non-hydrogen) atoms. The van der Waals surface area contributed by atoms with E-state index in [1.165, 1.54) is 12.1 Å². The van der Waals surface area contributed by atoms with Crippen molar-refractivity contribution in [3.8, 4) is 5.75 Å². The molecule has 0 unspecified atom stereocenters. The van der Waals surface area contributed by atoms with E-state index in [9.17, 15) is 15.2 Å². The van der Waals surface area contributed by atoms with Crippen LogP contribution in [0.3, 0.4) is 0 Å². The fourth-order valence-electron chi connectivity index (χ4n) is 2.04. The largest absolute Gasteiger partial charge is 0.487 e. The van der Waals surface area contributed by atoms with E-state index in [4.69, 9.17) is 4.74 Å². The Morgan fingerprint density at radius 3 is 2.82 bits per heavy atom. The average Bonchev–Trinajstić information content (AvgIpc) is 2.67. The first-order chi connectivity index (χ1) is 8.08. The number of nitro groups is 1. The topological polar surface area (TPSA) is 72.6 Å². The van der Waals surface area contributed by atoms with Crippen LogP contribution in [0, 0.1) is 17.0 Å². The second-order valence-corrected chi connectivity index (χ2v) is 4.36. The Balaban J connectivity index is 2.19. The van der Waals surface area contributed by atoms with Gasteiger partial charge in [-0.2, -0.15) is 0 Å². The molecule has 0 bridgehead atoms. The van der Waals surface area contributed by atoms with Gasteiger partial charge in [0, 0.05) is 6.07 Å². The minimum Gasteiger partial charge on any atom is -0.487 e. The van der Waals surface area contributed by atoms with Gasteiger partial charge in [0.2, 0.25) is 0 Å². The lowest BCUT2D eigenvalue weighted by molar-refractivity contribution is -0.385. The number of nitro benzene ring substituents is 1. The Bertz CT molecular complexity index is 433. The summed E-state index contributed by atoms with van der Waals surface area (Å²) in [5.74, 6) is 0.491. The van der Waals surface area contributed by atoms with Crippen molar-refractivity contribution < 1.29 is 14.8 Å². The van der Waals surface area contributed by atoms with Gasteiger partial charge in [-0.1, -0.05) is 0 Å². The van der Waals surface area contributed by atoms with Gasteiger partial charge in [-0.15, -0.1) is 0 Å². The third kappa shape index (κ3) is 2.55. The third-order valence-corrected chi connectivity index (χ3v) is 3.08. The van der Waals surface area contributed by atoms with Crippen molar-refractivity contribution in [2.24, 2.45) is 0 Å². The maximum atomic E-state index is 10.7. The number of benzene rings is 1. The number of aliphatic hydroxyl groups excluding tert-OH is 1. The van der Waals surface area contributed by atoms with Crippen LogP contribution in [0.5, 0.6) is 5.75 Å². The van der Waals surface area contributed by atoms with Gasteiger partial charge in [0.25, 0.3) is 5.69 Å². The molecule has 2 rings (SSSR count). The van der Waals surface area contributed by atoms with Crippen LogP contribution in [0.25, 0.3) is 0 Å². The first-order valence-corrected chi connectivity index (χ1v) is 5.67. The second-order valence-electron chi connectivity index (χ2n) is 4.36. The number of hydrogen-bond donors (Lipinski definition) is 1. The Kier molecular flexibility index (Phi) is 3.28. The van der Waals surface area contributed by atoms with E-state index in [-0.39, 0.29) is 11.8 Å². The Morgan fingerprint density at radius 1 is 1.47 bits per heavy atom. The molecule has 0 aliphatic heterocycles. The number of rotatable bonds is 3. The molecule has 2 atom stereocenters. The molecule has 0 saturated heterocycles. The highest BCUT2D eigenvalue weighted by Gasteiger charge is 2.27. The van der Waals surface area contributed by atoms with E-state index >= 15 is 0 Å². The van der Waals surface area contributed by atoms with Gasteiger partial charge in [0.15, 0.2) is 0 Å². The van der Waals surface area contributed by atoms with Gasteiger partial charge in [-0.3, -0.25) is 10.1 Å². The Morgan fingerprint density at radius 2 is 2.24 bits per heavy atom. The molecule has 0 radical (unpaired) electrons. The highest BCUT2D eigenvalue weighted by Crippen LogP contribution is 2.29. The first-order valence-electron chi connectivity index (χ1n) is 5.67. The molecule has 1 aliphatic rings. The minimum absolute atomic E-state index is 0.0121. The van der Waals surface area contributed by atoms with E-state index in [1.54, 1.807) is 6.07 Å². The summed E-state index contributed by atoms with van der Waals surface area (Å²) in [6.07, 6.45) is 1.76. The second kappa shape index (κ2) is 4.71. The molecule has 0 amide bonds. The highest BCUT2D eigenvalue weighted by atomic mass is 16.6. The molecule has 1 aromatic rings. The van der Waals surface area contributed by atoms with Gasteiger partial charge >= 0.3 is 0 Å². The van der Waals surface area contributed by atoms with E-state index in [0.29, 0.717) is 5.75 Å². The lowest BCUT2D eigenvalue weighted by Gasteiger charge is -2.18. The SMILES string of the molecule is Cc1ccc([N+](=O)[O-])cc1O[C@H]1CCC[C@@H]1O. The molecule has 1 N–H and O–H groups in total. The van der Waals surface area contributed by atoms with Crippen LogP contribution in [-0.2, 0) is 0 Å². The molecule has 1 aliphatic carbocycles. The third-order valence-electron chi connectivity index (χ3n) is 3.08. The predicted molar refractivity (Wildman–Crippen MR) is 62.1 cm³/mol. The summed E-state index contributed by atoms with van der Waals surface area (Å²) >= 11 is 0. The van der Waals surface area contributed by atoms with E-state index in [2.05, 4.69) is 0 Å². The zero-order valence-corrected chi connectivity index (χ0v) is 9.63. The first kappa shape index (κ1) is 11.9. The van der Waals surface area contributed by atoms with Gasteiger partial charge in [0.1, 0.15) is 11.9 Å². The van der Waals surface area contributed by atoms with Gasteiger partial charge < -0.3 is 9.84 Å². The molecule has 0 spiro atoms. The highest BCUT2D eigenvalue weighted by molar-refractivity contribution is 5.43. The van der Waals surface area contributed by atoms with Crippen LogP contribution in [-0.4, -0.2) is 22.2 Å². The van der Waals surface area contributed by atoms with E-state index in [0.717, 1.165) is 24.8 Å². The molecule has 5 nitrogen and oxygen atoms in total.